The summed E-state index contributed by atoms with van der Waals surface area (Å²) in [6.45, 7) is 10.4. The molecule has 0 aliphatic rings. The van der Waals surface area contributed by atoms with Gasteiger partial charge in [-0.25, -0.2) is 0 Å². The third-order valence-corrected chi connectivity index (χ3v) is 2.20. The van der Waals surface area contributed by atoms with Crippen molar-refractivity contribution >= 4 is 0 Å². The zero-order valence-electron chi connectivity index (χ0n) is 9.60. The summed E-state index contributed by atoms with van der Waals surface area (Å²) in [5, 5.41) is 3.48. The first-order valence-electron chi connectivity index (χ1n) is 5.55. The van der Waals surface area contributed by atoms with E-state index in [1.165, 1.54) is 19.3 Å². The fraction of sp³-hybridized carbons (Fsp3) is 1.00. The molecule has 0 aromatic heterocycles. The number of rotatable bonds is 8. The number of hydrogen-bond acceptors (Lipinski definition) is 2. The van der Waals surface area contributed by atoms with E-state index in [-0.39, 0.29) is 0 Å². The lowest BCUT2D eigenvalue weighted by Crippen LogP contribution is -2.33. The van der Waals surface area contributed by atoms with Gasteiger partial charge in [0, 0.05) is 19.2 Å². The highest BCUT2D eigenvalue weighted by molar-refractivity contribution is 4.63. The summed E-state index contributed by atoms with van der Waals surface area (Å²) in [6.07, 6.45) is 4.22. The topological polar surface area (TPSA) is 21.3 Å². The van der Waals surface area contributed by atoms with Gasteiger partial charge in [-0.15, -0.1) is 0 Å². The Hall–Kier alpha value is -0.0800. The Bertz CT molecular complexity index is 106. The van der Waals surface area contributed by atoms with E-state index in [0.717, 1.165) is 13.2 Å². The molecule has 0 aliphatic carbocycles. The van der Waals surface area contributed by atoms with Gasteiger partial charge in [0.2, 0.25) is 0 Å². The van der Waals surface area contributed by atoms with Crippen molar-refractivity contribution in [2.45, 2.75) is 59.1 Å². The van der Waals surface area contributed by atoms with Crippen molar-refractivity contribution in [2.75, 3.05) is 13.2 Å². The van der Waals surface area contributed by atoms with Gasteiger partial charge < -0.3 is 10.1 Å². The highest BCUT2D eigenvalue weighted by Gasteiger charge is 2.04. The summed E-state index contributed by atoms with van der Waals surface area (Å²) in [5.74, 6) is 0. The molecular weight excluding hydrogens is 162 g/mol. The molecular formula is C11H25NO. The molecule has 2 heteroatoms. The Morgan fingerprint density at radius 1 is 1.23 bits per heavy atom. The molecule has 0 bridgehead atoms. The van der Waals surface area contributed by atoms with E-state index in [1.54, 1.807) is 0 Å². The van der Waals surface area contributed by atoms with Crippen LogP contribution in [0.5, 0.6) is 0 Å². The molecule has 2 unspecified atom stereocenters. The Balaban J connectivity index is 3.29. The van der Waals surface area contributed by atoms with E-state index in [9.17, 15) is 0 Å². The normalized spacial score (nSPS) is 15.7. The average Bonchev–Trinajstić information content (AvgIpc) is 2.12. The predicted molar refractivity (Wildman–Crippen MR) is 58.1 cm³/mol. The third-order valence-electron chi connectivity index (χ3n) is 2.20. The van der Waals surface area contributed by atoms with Gasteiger partial charge in [0.25, 0.3) is 0 Å². The first-order valence-corrected chi connectivity index (χ1v) is 5.55. The zero-order chi connectivity index (χ0) is 10.1. The Morgan fingerprint density at radius 2 is 1.92 bits per heavy atom. The number of nitrogens with one attached hydrogen (secondary N) is 1. The molecule has 0 aromatic carbocycles. The van der Waals surface area contributed by atoms with Crippen molar-refractivity contribution in [1.82, 2.24) is 5.32 Å². The minimum atomic E-state index is 0.342. The van der Waals surface area contributed by atoms with E-state index in [0.29, 0.717) is 12.1 Å². The maximum Gasteiger partial charge on any atom is 0.0671 e. The van der Waals surface area contributed by atoms with E-state index in [4.69, 9.17) is 4.74 Å². The van der Waals surface area contributed by atoms with Crippen molar-refractivity contribution in [1.29, 1.82) is 0 Å². The maximum atomic E-state index is 5.43. The second-order valence-electron chi connectivity index (χ2n) is 3.72. The van der Waals surface area contributed by atoms with Crippen LogP contribution in [0.4, 0.5) is 0 Å². The molecule has 0 amide bonds. The van der Waals surface area contributed by atoms with E-state index >= 15 is 0 Å². The molecule has 1 N–H and O–H groups in total. The van der Waals surface area contributed by atoms with E-state index in [2.05, 4.69) is 26.1 Å². The van der Waals surface area contributed by atoms with Gasteiger partial charge in [-0.3, -0.25) is 0 Å². The lowest BCUT2D eigenvalue weighted by molar-refractivity contribution is 0.0741. The van der Waals surface area contributed by atoms with Crippen LogP contribution in [-0.4, -0.2) is 25.3 Å². The van der Waals surface area contributed by atoms with Crippen LogP contribution in [0.15, 0.2) is 0 Å². The van der Waals surface area contributed by atoms with E-state index in [1.807, 2.05) is 6.92 Å². The van der Waals surface area contributed by atoms with Crippen molar-refractivity contribution in [3.63, 3.8) is 0 Å². The molecule has 0 aliphatic heterocycles. The van der Waals surface area contributed by atoms with Gasteiger partial charge in [-0.1, -0.05) is 19.8 Å². The first kappa shape index (κ1) is 12.9. The molecule has 13 heavy (non-hydrogen) atoms. The highest BCUT2D eigenvalue weighted by atomic mass is 16.5. The fourth-order valence-corrected chi connectivity index (χ4v) is 1.32. The second-order valence-corrected chi connectivity index (χ2v) is 3.72. The van der Waals surface area contributed by atoms with Gasteiger partial charge in [0.1, 0.15) is 0 Å². The van der Waals surface area contributed by atoms with Crippen LogP contribution in [0.2, 0.25) is 0 Å². The third kappa shape index (κ3) is 8.26. The van der Waals surface area contributed by atoms with Gasteiger partial charge in [0.15, 0.2) is 0 Å². The molecule has 0 rings (SSSR count). The van der Waals surface area contributed by atoms with Gasteiger partial charge in [-0.2, -0.15) is 0 Å². The first-order chi connectivity index (χ1) is 6.20. The van der Waals surface area contributed by atoms with Crippen molar-refractivity contribution in [3.05, 3.63) is 0 Å². The number of unbranched alkanes of at least 4 members (excludes halogenated alkanes) is 1. The molecule has 0 saturated heterocycles. The second kappa shape index (κ2) is 8.52. The van der Waals surface area contributed by atoms with E-state index < -0.39 is 0 Å². The van der Waals surface area contributed by atoms with Crippen LogP contribution in [0.25, 0.3) is 0 Å². The molecule has 0 fully saturated rings. The summed E-state index contributed by atoms with van der Waals surface area (Å²) in [4.78, 5) is 0. The zero-order valence-corrected chi connectivity index (χ0v) is 9.60. The standard InChI is InChI=1S/C11H25NO/c1-5-7-8-10(3)12-9-11(4)13-6-2/h10-12H,5-9H2,1-4H3. The lowest BCUT2D eigenvalue weighted by Gasteiger charge is -2.17. The lowest BCUT2D eigenvalue weighted by atomic mass is 10.1. The highest BCUT2D eigenvalue weighted by Crippen LogP contribution is 1.99. The average molecular weight is 187 g/mol. The molecule has 0 spiro atoms. The molecule has 2 atom stereocenters. The smallest absolute Gasteiger partial charge is 0.0671 e. The number of ether oxygens (including phenoxy) is 1. The van der Waals surface area contributed by atoms with Gasteiger partial charge in [0.05, 0.1) is 6.10 Å². The molecule has 0 aromatic rings. The summed E-state index contributed by atoms with van der Waals surface area (Å²) in [7, 11) is 0. The Labute approximate surface area is 83.1 Å². The maximum absolute atomic E-state index is 5.43. The summed E-state index contributed by atoms with van der Waals surface area (Å²) < 4.78 is 5.43. The van der Waals surface area contributed by atoms with Crippen LogP contribution in [-0.2, 0) is 4.74 Å². The van der Waals surface area contributed by atoms with Crippen LogP contribution in [0.1, 0.15) is 47.0 Å². The molecule has 0 heterocycles. The predicted octanol–water partition coefficient (Wildman–Crippen LogP) is 2.58. The van der Waals surface area contributed by atoms with Gasteiger partial charge >= 0.3 is 0 Å². The summed E-state index contributed by atoms with van der Waals surface area (Å²) >= 11 is 0. The Kier molecular flexibility index (Phi) is 8.46. The van der Waals surface area contributed by atoms with Gasteiger partial charge in [-0.05, 0) is 27.2 Å². The fourth-order valence-electron chi connectivity index (χ4n) is 1.32. The minimum Gasteiger partial charge on any atom is -0.377 e. The van der Waals surface area contributed by atoms with Crippen LogP contribution < -0.4 is 5.32 Å². The molecule has 0 radical (unpaired) electrons. The minimum absolute atomic E-state index is 0.342. The molecule has 0 saturated carbocycles. The summed E-state index contributed by atoms with van der Waals surface area (Å²) in [5.41, 5.74) is 0. The summed E-state index contributed by atoms with van der Waals surface area (Å²) in [6, 6.07) is 0.628. The van der Waals surface area contributed by atoms with Crippen molar-refractivity contribution in [3.8, 4) is 0 Å². The number of hydrogen-bond donors (Lipinski definition) is 1. The molecule has 80 valence electrons. The van der Waals surface area contributed by atoms with Crippen molar-refractivity contribution < 1.29 is 4.74 Å². The van der Waals surface area contributed by atoms with Crippen LogP contribution in [0, 0.1) is 0 Å². The largest absolute Gasteiger partial charge is 0.377 e. The van der Waals surface area contributed by atoms with Crippen LogP contribution in [0.3, 0.4) is 0 Å². The SMILES string of the molecule is CCCCC(C)NCC(C)OCC. The molecule has 2 nitrogen and oxygen atoms in total. The quantitative estimate of drug-likeness (QED) is 0.630. The Morgan fingerprint density at radius 3 is 2.46 bits per heavy atom. The monoisotopic (exact) mass is 187 g/mol. The van der Waals surface area contributed by atoms with Crippen LogP contribution >= 0.6 is 0 Å². The van der Waals surface area contributed by atoms with Crippen molar-refractivity contribution in [2.24, 2.45) is 0 Å².